The largest absolute Gasteiger partial charge is 0.481 e. The molecule has 20 nitrogen and oxygen atoms in total. The minimum absolute atomic E-state index is 0.0000696. The van der Waals surface area contributed by atoms with Crippen molar-refractivity contribution in [1.82, 2.24) is 31.9 Å². The Kier molecular flexibility index (Phi) is 39.4. The van der Waals surface area contributed by atoms with Crippen LogP contribution >= 0.6 is 0 Å². The lowest BCUT2D eigenvalue weighted by Crippen LogP contribution is -2.43. The van der Waals surface area contributed by atoms with Gasteiger partial charge in [0.05, 0.1) is 39.6 Å². The minimum Gasteiger partial charge on any atom is -0.481 e. The lowest BCUT2D eigenvalue weighted by atomic mass is 10.0. The molecule has 0 radical (unpaired) electrons. The van der Waals surface area contributed by atoms with E-state index in [1.165, 1.54) is 12.8 Å². The molecule has 6 amide bonds. The number of ether oxygens (including phenoxy) is 4. The SMILES string of the molecule is CCCCNC(=O)CC[C@@H](C)NC(=O)CCC(NC(=O)COCCOCCNC(=O)COCCOCCNC(=O)CC[C@@H](C)NC(=O)CCCCCCCCCCCCC(=O)O)C(=O)O. The van der Waals surface area contributed by atoms with Crippen molar-refractivity contribution >= 4 is 47.4 Å². The highest BCUT2D eigenvalue weighted by Gasteiger charge is 2.22. The van der Waals surface area contributed by atoms with E-state index in [0.29, 0.717) is 32.4 Å². The summed E-state index contributed by atoms with van der Waals surface area (Å²) in [7, 11) is 0. The molecule has 20 heteroatoms. The Morgan fingerprint density at radius 1 is 0.415 bits per heavy atom. The second-order valence-corrected chi connectivity index (χ2v) is 16.2. The van der Waals surface area contributed by atoms with E-state index < -0.39 is 30.5 Å². The number of rotatable bonds is 45. The maximum atomic E-state index is 12.3. The number of nitrogens with one attached hydrogen (secondary N) is 6. The lowest BCUT2D eigenvalue weighted by molar-refractivity contribution is -0.143. The molecule has 0 aliphatic carbocycles. The zero-order valence-corrected chi connectivity index (χ0v) is 39.4. The van der Waals surface area contributed by atoms with Gasteiger partial charge in [0.1, 0.15) is 19.3 Å². The van der Waals surface area contributed by atoms with Gasteiger partial charge in [0.25, 0.3) is 0 Å². The van der Waals surface area contributed by atoms with E-state index in [1.54, 1.807) is 6.92 Å². The Labute approximate surface area is 385 Å². The fourth-order valence-corrected chi connectivity index (χ4v) is 6.21. The zero-order chi connectivity index (χ0) is 48.3. The highest BCUT2D eigenvalue weighted by atomic mass is 16.5. The van der Waals surface area contributed by atoms with Gasteiger partial charge in [0, 0.05) is 63.8 Å². The van der Waals surface area contributed by atoms with Crippen molar-refractivity contribution in [2.45, 2.75) is 167 Å². The Balaban J connectivity index is 3.74. The molecule has 0 aromatic heterocycles. The van der Waals surface area contributed by atoms with Crippen LogP contribution in [0.4, 0.5) is 0 Å². The first-order chi connectivity index (χ1) is 31.2. The van der Waals surface area contributed by atoms with Gasteiger partial charge in [-0.15, -0.1) is 0 Å². The molecule has 0 rings (SSSR count). The summed E-state index contributed by atoms with van der Waals surface area (Å²) in [5, 5.41) is 34.4. The molecule has 0 fully saturated rings. The summed E-state index contributed by atoms with van der Waals surface area (Å²) in [5.41, 5.74) is 0. The molecule has 0 aliphatic heterocycles. The monoisotopic (exact) mass is 931 g/mol. The minimum atomic E-state index is -1.28. The number of carboxylic acid groups (broad SMARTS) is 2. The summed E-state index contributed by atoms with van der Waals surface area (Å²) in [6.07, 6.45) is 14.3. The van der Waals surface area contributed by atoms with Crippen LogP contribution in [0.1, 0.15) is 149 Å². The van der Waals surface area contributed by atoms with Gasteiger partial charge in [-0.25, -0.2) is 4.79 Å². The molecular weight excluding hydrogens is 849 g/mol. The van der Waals surface area contributed by atoms with E-state index >= 15 is 0 Å². The third kappa shape index (κ3) is 42.0. The summed E-state index contributed by atoms with van der Waals surface area (Å²) < 4.78 is 21.3. The van der Waals surface area contributed by atoms with Gasteiger partial charge in [-0.3, -0.25) is 33.6 Å². The van der Waals surface area contributed by atoms with Crippen LogP contribution in [0.5, 0.6) is 0 Å². The van der Waals surface area contributed by atoms with Gasteiger partial charge in [0.2, 0.25) is 35.4 Å². The Hall–Kier alpha value is -4.40. The molecule has 0 saturated carbocycles. The third-order valence-electron chi connectivity index (χ3n) is 9.96. The van der Waals surface area contributed by atoms with E-state index in [0.717, 1.165) is 64.2 Å². The molecule has 8 N–H and O–H groups in total. The number of carbonyl (C=O) groups is 8. The van der Waals surface area contributed by atoms with Gasteiger partial charge in [0.15, 0.2) is 0 Å². The van der Waals surface area contributed by atoms with Gasteiger partial charge < -0.3 is 61.1 Å². The summed E-state index contributed by atoms with van der Waals surface area (Å²) in [6, 6.07) is -1.66. The number of aliphatic carboxylic acids is 2. The summed E-state index contributed by atoms with van der Waals surface area (Å²) >= 11 is 0. The second-order valence-electron chi connectivity index (χ2n) is 16.2. The molecule has 0 aliphatic rings. The molecule has 376 valence electrons. The normalized spacial score (nSPS) is 12.4. The topological polar surface area (TPSA) is 286 Å². The molecule has 0 aromatic rings. The predicted octanol–water partition coefficient (Wildman–Crippen LogP) is 2.89. The molecule has 0 saturated heterocycles. The summed E-state index contributed by atoms with van der Waals surface area (Å²) in [6.45, 7) is 7.31. The average molecular weight is 931 g/mol. The summed E-state index contributed by atoms with van der Waals surface area (Å²) in [5.74, 6) is -3.61. The maximum absolute atomic E-state index is 12.3. The molecule has 3 atom stereocenters. The molecule has 65 heavy (non-hydrogen) atoms. The van der Waals surface area contributed by atoms with E-state index in [2.05, 4.69) is 31.9 Å². The number of hydrogen-bond donors (Lipinski definition) is 8. The lowest BCUT2D eigenvalue weighted by Gasteiger charge is -2.17. The third-order valence-corrected chi connectivity index (χ3v) is 9.96. The van der Waals surface area contributed by atoms with Crippen molar-refractivity contribution < 1.29 is 67.5 Å². The van der Waals surface area contributed by atoms with E-state index in [9.17, 15) is 43.5 Å². The van der Waals surface area contributed by atoms with Crippen LogP contribution in [0.3, 0.4) is 0 Å². The van der Waals surface area contributed by atoms with Gasteiger partial charge >= 0.3 is 11.9 Å². The quantitative estimate of drug-likeness (QED) is 0.0408. The second kappa shape index (κ2) is 42.2. The zero-order valence-electron chi connectivity index (χ0n) is 39.4. The standard InChI is InChI=1S/C45H82N6O14/c1-4-5-24-46-38(52)21-18-36(3)50-41(55)23-20-37(45(60)61)51-43(57)34-65-32-30-63-28-26-48-42(56)33-64-31-29-62-27-25-47-39(53)22-19-35(2)49-40(54)16-14-12-10-8-6-7-9-11-13-15-17-44(58)59/h35-37H,4-34H2,1-3H3,(H,46,52)(H,47,53)(H,48,56)(H,49,54)(H,50,55)(H,51,57)(H,58,59)(H,60,61)/t35-,36-,37?/m1/s1. The van der Waals surface area contributed by atoms with E-state index in [1.807, 2.05) is 13.8 Å². The van der Waals surface area contributed by atoms with Crippen molar-refractivity contribution in [3.63, 3.8) is 0 Å². The van der Waals surface area contributed by atoms with Gasteiger partial charge in [-0.2, -0.15) is 0 Å². The van der Waals surface area contributed by atoms with Crippen molar-refractivity contribution in [2.75, 3.05) is 72.5 Å². The maximum Gasteiger partial charge on any atom is 0.326 e. The first-order valence-electron chi connectivity index (χ1n) is 23.7. The number of carbonyl (C=O) groups excluding carboxylic acids is 6. The molecule has 0 spiro atoms. The average Bonchev–Trinajstić information content (AvgIpc) is 3.25. The fraction of sp³-hybridized carbons (Fsp3) is 0.822. The smallest absolute Gasteiger partial charge is 0.326 e. The van der Waals surface area contributed by atoms with Crippen LogP contribution in [0.25, 0.3) is 0 Å². The highest BCUT2D eigenvalue weighted by molar-refractivity contribution is 5.85. The van der Waals surface area contributed by atoms with Crippen LogP contribution in [0.2, 0.25) is 0 Å². The summed E-state index contributed by atoms with van der Waals surface area (Å²) in [4.78, 5) is 94.8. The molecular formula is C45H82N6O14. The fourth-order valence-electron chi connectivity index (χ4n) is 6.21. The van der Waals surface area contributed by atoms with Crippen LogP contribution in [-0.2, 0) is 57.3 Å². The Morgan fingerprint density at radius 3 is 1.32 bits per heavy atom. The van der Waals surface area contributed by atoms with Crippen LogP contribution < -0.4 is 31.9 Å². The van der Waals surface area contributed by atoms with Crippen LogP contribution in [-0.4, -0.2) is 148 Å². The van der Waals surface area contributed by atoms with E-state index in [-0.39, 0.29) is 127 Å². The van der Waals surface area contributed by atoms with Crippen molar-refractivity contribution in [2.24, 2.45) is 0 Å². The van der Waals surface area contributed by atoms with E-state index in [4.69, 9.17) is 24.1 Å². The molecule has 1 unspecified atom stereocenters. The van der Waals surface area contributed by atoms with Crippen molar-refractivity contribution in [3.8, 4) is 0 Å². The predicted molar refractivity (Wildman–Crippen MR) is 243 cm³/mol. The van der Waals surface area contributed by atoms with Crippen LogP contribution in [0.15, 0.2) is 0 Å². The van der Waals surface area contributed by atoms with Crippen molar-refractivity contribution in [3.05, 3.63) is 0 Å². The molecule has 0 bridgehead atoms. The number of unbranched alkanes of at least 4 members (excludes halogenated alkanes) is 10. The number of carboxylic acids is 2. The first kappa shape index (κ1) is 60.6. The number of amides is 6. The van der Waals surface area contributed by atoms with Gasteiger partial charge in [-0.05, 0) is 52.4 Å². The Morgan fingerprint density at radius 2 is 0.831 bits per heavy atom. The van der Waals surface area contributed by atoms with Crippen molar-refractivity contribution in [1.29, 1.82) is 0 Å². The molecule has 0 heterocycles. The van der Waals surface area contributed by atoms with Gasteiger partial charge in [-0.1, -0.05) is 64.7 Å². The highest BCUT2D eigenvalue weighted by Crippen LogP contribution is 2.12. The molecule has 0 aromatic carbocycles. The first-order valence-corrected chi connectivity index (χ1v) is 23.7. The van der Waals surface area contributed by atoms with Crippen LogP contribution in [0, 0.1) is 0 Å². The Bertz CT molecular complexity index is 1340. The number of hydrogen-bond acceptors (Lipinski definition) is 12.